The molecular weight excluding hydrogens is 212 g/mol. The average Bonchev–Trinajstić information content (AvgIpc) is 2.89. The lowest BCUT2D eigenvalue weighted by atomic mass is 9.94. The van der Waals surface area contributed by atoms with Crippen LogP contribution >= 0.6 is 0 Å². The molecule has 4 atom stereocenters. The normalized spacial score (nSPS) is 43.2. The monoisotopic (exact) mass is 238 g/mol. The number of nitrogens with zero attached hydrogens (tertiary/aromatic N) is 1. The maximum Gasteiger partial charge on any atom is 0.0612 e. The summed E-state index contributed by atoms with van der Waals surface area (Å²) in [4.78, 5) is 2.76. The van der Waals surface area contributed by atoms with Gasteiger partial charge < -0.3 is 10.1 Å². The van der Waals surface area contributed by atoms with E-state index in [9.17, 15) is 0 Å². The van der Waals surface area contributed by atoms with Gasteiger partial charge in [-0.3, -0.25) is 4.90 Å². The first-order valence-electron chi connectivity index (χ1n) is 7.30. The molecule has 3 saturated heterocycles. The molecule has 17 heavy (non-hydrogen) atoms. The van der Waals surface area contributed by atoms with E-state index in [-0.39, 0.29) is 0 Å². The van der Waals surface area contributed by atoms with Crippen molar-refractivity contribution in [1.82, 2.24) is 10.2 Å². The molecule has 1 N–H and O–H groups in total. The molecule has 3 fully saturated rings. The van der Waals surface area contributed by atoms with Crippen LogP contribution in [0.3, 0.4) is 0 Å². The third kappa shape index (κ3) is 2.38. The lowest BCUT2D eigenvalue weighted by molar-refractivity contribution is -0.0456. The number of hydrogen-bond acceptors (Lipinski definition) is 3. The molecule has 3 heterocycles. The van der Waals surface area contributed by atoms with Crippen molar-refractivity contribution in [3.05, 3.63) is 0 Å². The van der Waals surface area contributed by atoms with Crippen LogP contribution in [0.5, 0.6) is 0 Å². The van der Waals surface area contributed by atoms with Crippen LogP contribution < -0.4 is 5.32 Å². The summed E-state index contributed by atoms with van der Waals surface area (Å²) in [7, 11) is 0. The fraction of sp³-hybridized carbons (Fsp3) is 1.00. The van der Waals surface area contributed by atoms with Crippen molar-refractivity contribution in [3.63, 3.8) is 0 Å². The molecule has 98 valence electrons. The molecule has 0 aromatic rings. The molecule has 3 heteroatoms. The predicted molar refractivity (Wildman–Crippen MR) is 69.0 cm³/mol. The van der Waals surface area contributed by atoms with Gasteiger partial charge in [-0.05, 0) is 43.7 Å². The number of ether oxygens (including phenoxy) is 1. The Morgan fingerprint density at radius 1 is 1.18 bits per heavy atom. The zero-order valence-electron chi connectivity index (χ0n) is 11.2. The molecule has 3 aliphatic heterocycles. The van der Waals surface area contributed by atoms with E-state index < -0.39 is 0 Å². The minimum Gasteiger partial charge on any atom is -0.378 e. The Morgan fingerprint density at radius 3 is 2.53 bits per heavy atom. The van der Waals surface area contributed by atoms with E-state index in [2.05, 4.69) is 24.1 Å². The highest BCUT2D eigenvalue weighted by Gasteiger charge is 2.40. The summed E-state index contributed by atoms with van der Waals surface area (Å²) in [6.45, 7) is 10.7. The Balaban J connectivity index is 1.58. The van der Waals surface area contributed by atoms with Gasteiger partial charge in [0.2, 0.25) is 0 Å². The van der Waals surface area contributed by atoms with Crippen LogP contribution in [-0.2, 0) is 4.74 Å². The van der Waals surface area contributed by atoms with E-state index >= 15 is 0 Å². The first-order chi connectivity index (χ1) is 8.24. The maximum absolute atomic E-state index is 5.88. The highest BCUT2D eigenvalue weighted by molar-refractivity contribution is 4.94. The molecule has 3 nitrogen and oxygen atoms in total. The van der Waals surface area contributed by atoms with Crippen molar-refractivity contribution >= 4 is 0 Å². The minimum absolute atomic E-state index is 0.493. The van der Waals surface area contributed by atoms with Gasteiger partial charge in [-0.2, -0.15) is 0 Å². The van der Waals surface area contributed by atoms with Gasteiger partial charge in [-0.15, -0.1) is 0 Å². The van der Waals surface area contributed by atoms with Crippen molar-refractivity contribution in [2.75, 3.05) is 32.8 Å². The SMILES string of the molecule is CC(C)C1CC(N2CC3CNCC3C2)CCO1. The van der Waals surface area contributed by atoms with Crippen LogP contribution in [0.4, 0.5) is 0 Å². The summed E-state index contributed by atoms with van der Waals surface area (Å²) < 4.78 is 5.88. The van der Waals surface area contributed by atoms with Crippen molar-refractivity contribution in [2.45, 2.75) is 38.8 Å². The first kappa shape index (κ1) is 11.9. The molecule has 0 aliphatic carbocycles. The first-order valence-corrected chi connectivity index (χ1v) is 7.30. The van der Waals surface area contributed by atoms with E-state index in [0.29, 0.717) is 12.0 Å². The molecule has 0 saturated carbocycles. The third-order valence-corrected chi connectivity index (χ3v) is 4.97. The van der Waals surface area contributed by atoms with Crippen LogP contribution in [0, 0.1) is 17.8 Å². The Kier molecular flexibility index (Phi) is 3.42. The van der Waals surface area contributed by atoms with E-state index in [1.54, 1.807) is 0 Å². The molecule has 4 unspecified atom stereocenters. The Hall–Kier alpha value is -0.120. The Bertz CT molecular complexity index is 257. The van der Waals surface area contributed by atoms with Gasteiger partial charge in [0, 0.05) is 25.7 Å². The third-order valence-electron chi connectivity index (χ3n) is 4.97. The number of hydrogen-bond donors (Lipinski definition) is 1. The molecule has 3 rings (SSSR count). The molecule has 0 amide bonds. The summed E-state index contributed by atoms with van der Waals surface area (Å²) in [5, 5.41) is 3.52. The molecule has 0 radical (unpaired) electrons. The van der Waals surface area contributed by atoms with Crippen molar-refractivity contribution in [1.29, 1.82) is 0 Å². The van der Waals surface area contributed by atoms with E-state index in [1.165, 1.54) is 39.0 Å². The van der Waals surface area contributed by atoms with Crippen LogP contribution in [-0.4, -0.2) is 49.8 Å². The van der Waals surface area contributed by atoms with Crippen molar-refractivity contribution < 1.29 is 4.74 Å². The second-order valence-electron chi connectivity index (χ2n) is 6.46. The quantitative estimate of drug-likeness (QED) is 0.786. The van der Waals surface area contributed by atoms with Crippen LogP contribution in [0.15, 0.2) is 0 Å². The highest BCUT2D eigenvalue weighted by Crippen LogP contribution is 2.32. The van der Waals surface area contributed by atoms with E-state index in [1.807, 2.05) is 0 Å². The molecular formula is C14H26N2O. The zero-order valence-corrected chi connectivity index (χ0v) is 11.2. The van der Waals surface area contributed by atoms with Gasteiger partial charge in [0.1, 0.15) is 0 Å². The molecule has 0 spiro atoms. The summed E-state index contributed by atoms with van der Waals surface area (Å²) >= 11 is 0. The number of rotatable bonds is 2. The number of fused-ring (bicyclic) bond motifs is 1. The molecule has 0 bridgehead atoms. The molecule has 0 aromatic carbocycles. The molecule has 3 aliphatic rings. The van der Waals surface area contributed by atoms with Crippen LogP contribution in [0.2, 0.25) is 0 Å². The lowest BCUT2D eigenvalue weighted by Gasteiger charge is -2.37. The zero-order chi connectivity index (χ0) is 11.8. The second kappa shape index (κ2) is 4.87. The summed E-state index contributed by atoms with van der Waals surface area (Å²) in [5.41, 5.74) is 0. The smallest absolute Gasteiger partial charge is 0.0612 e. The standard InChI is InChI=1S/C14H26N2O/c1-10(2)14-5-13(3-4-17-14)16-8-11-6-15-7-12(11)9-16/h10-15H,3-9H2,1-2H3. The number of likely N-dealkylation sites (tertiary alicyclic amines) is 1. The van der Waals surface area contributed by atoms with Crippen LogP contribution in [0.1, 0.15) is 26.7 Å². The topological polar surface area (TPSA) is 24.5 Å². The fourth-order valence-corrected chi connectivity index (χ4v) is 3.80. The Morgan fingerprint density at radius 2 is 1.88 bits per heavy atom. The van der Waals surface area contributed by atoms with Gasteiger partial charge in [-0.1, -0.05) is 13.8 Å². The van der Waals surface area contributed by atoms with Gasteiger partial charge in [0.15, 0.2) is 0 Å². The summed E-state index contributed by atoms with van der Waals surface area (Å²) in [5.74, 6) is 2.52. The van der Waals surface area contributed by atoms with Gasteiger partial charge in [0.05, 0.1) is 6.10 Å². The average molecular weight is 238 g/mol. The second-order valence-corrected chi connectivity index (χ2v) is 6.46. The molecule has 0 aromatic heterocycles. The van der Waals surface area contributed by atoms with Crippen LogP contribution in [0.25, 0.3) is 0 Å². The summed E-state index contributed by atoms with van der Waals surface area (Å²) in [6.07, 6.45) is 2.99. The maximum atomic E-state index is 5.88. The van der Waals surface area contributed by atoms with Gasteiger partial charge in [-0.25, -0.2) is 0 Å². The number of nitrogens with one attached hydrogen (secondary N) is 1. The van der Waals surface area contributed by atoms with Crippen molar-refractivity contribution in [3.8, 4) is 0 Å². The fourth-order valence-electron chi connectivity index (χ4n) is 3.80. The predicted octanol–water partition coefficient (Wildman–Crippen LogP) is 1.34. The highest BCUT2D eigenvalue weighted by atomic mass is 16.5. The van der Waals surface area contributed by atoms with E-state index in [0.717, 1.165) is 24.5 Å². The largest absolute Gasteiger partial charge is 0.378 e. The summed E-state index contributed by atoms with van der Waals surface area (Å²) in [6, 6.07) is 0.793. The minimum atomic E-state index is 0.493. The van der Waals surface area contributed by atoms with Gasteiger partial charge >= 0.3 is 0 Å². The van der Waals surface area contributed by atoms with E-state index in [4.69, 9.17) is 4.74 Å². The Labute approximate surface area is 105 Å². The van der Waals surface area contributed by atoms with Gasteiger partial charge in [0.25, 0.3) is 0 Å². The lowest BCUT2D eigenvalue weighted by Crippen LogP contribution is -2.43. The van der Waals surface area contributed by atoms with Crippen molar-refractivity contribution in [2.24, 2.45) is 17.8 Å².